The summed E-state index contributed by atoms with van der Waals surface area (Å²) >= 11 is 7.77. The van der Waals surface area contributed by atoms with Crippen molar-refractivity contribution < 1.29 is 0 Å². The van der Waals surface area contributed by atoms with E-state index in [1.807, 2.05) is 31.7 Å². The van der Waals surface area contributed by atoms with E-state index in [1.54, 1.807) is 0 Å². The molecular formula is C11H16ClNS. The van der Waals surface area contributed by atoms with Gasteiger partial charge in [-0.05, 0) is 49.8 Å². The summed E-state index contributed by atoms with van der Waals surface area (Å²) in [6.45, 7) is 4.06. The molecule has 1 atom stereocenters. The smallest absolute Gasteiger partial charge is 0.0435 e. The molecule has 0 aliphatic carbocycles. The van der Waals surface area contributed by atoms with E-state index in [1.165, 1.54) is 4.90 Å². The third kappa shape index (κ3) is 3.91. The Hall–Kier alpha value is -0.180. The summed E-state index contributed by atoms with van der Waals surface area (Å²) in [6, 6.07) is 6.41. The molecule has 0 radical (unpaired) electrons. The molecule has 1 nitrogen and oxygen atoms in total. The average Bonchev–Trinajstić information content (AvgIpc) is 2.10. The predicted octanol–water partition coefficient (Wildman–Crippen LogP) is 3.48. The van der Waals surface area contributed by atoms with Gasteiger partial charge in [0.25, 0.3) is 0 Å². The van der Waals surface area contributed by atoms with Crippen LogP contribution in [0.5, 0.6) is 0 Å². The van der Waals surface area contributed by atoms with Gasteiger partial charge in [0.1, 0.15) is 0 Å². The first kappa shape index (κ1) is 11.9. The summed E-state index contributed by atoms with van der Waals surface area (Å²) < 4.78 is 0. The number of rotatable bonds is 4. The Labute approximate surface area is 95.0 Å². The fourth-order valence-electron chi connectivity index (χ4n) is 1.07. The molecule has 1 unspecified atom stereocenters. The highest BCUT2D eigenvalue weighted by Gasteiger charge is 1.99. The second kappa shape index (κ2) is 5.64. The SMILES string of the molecule is Cc1cc(SCCC(C)N)ccc1Cl. The summed E-state index contributed by atoms with van der Waals surface area (Å²) in [7, 11) is 0. The Balaban J connectivity index is 2.47. The minimum atomic E-state index is 0.288. The summed E-state index contributed by atoms with van der Waals surface area (Å²) in [4.78, 5) is 1.27. The summed E-state index contributed by atoms with van der Waals surface area (Å²) in [5, 5.41) is 0.835. The van der Waals surface area contributed by atoms with Gasteiger partial charge in [0, 0.05) is 16.0 Å². The highest BCUT2D eigenvalue weighted by molar-refractivity contribution is 7.99. The molecule has 0 saturated heterocycles. The molecule has 3 heteroatoms. The van der Waals surface area contributed by atoms with Crippen LogP contribution < -0.4 is 5.73 Å². The molecule has 0 aliphatic rings. The predicted molar refractivity (Wildman–Crippen MR) is 65.2 cm³/mol. The molecule has 0 amide bonds. The molecular weight excluding hydrogens is 214 g/mol. The van der Waals surface area contributed by atoms with Crippen molar-refractivity contribution in [1.29, 1.82) is 0 Å². The summed E-state index contributed by atoms with van der Waals surface area (Å²) in [6.07, 6.45) is 1.05. The van der Waals surface area contributed by atoms with Gasteiger partial charge in [-0.2, -0.15) is 0 Å². The molecule has 0 fully saturated rings. The lowest BCUT2D eigenvalue weighted by molar-refractivity contribution is 0.721. The van der Waals surface area contributed by atoms with Gasteiger partial charge >= 0.3 is 0 Å². The topological polar surface area (TPSA) is 26.0 Å². The molecule has 1 aromatic rings. The van der Waals surface area contributed by atoms with Gasteiger partial charge in [-0.3, -0.25) is 0 Å². The maximum absolute atomic E-state index is 5.94. The molecule has 1 aromatic carbocycles. The average molecular weight is 230 g/mol. The van der Waals surface area contributed by atoms with E-state index >= 15 is 0 Å². The van der Waals surface area contributed by atoms with Crippen molar-refractivity contribution in [3.8, 4) is 0 Å². The van der Waals surface area contributed by atoms with Crippen LogP contribution in [0.25, 0.3) is 0 Å². The molecule has 0 spiro atoms. The van der Waals surface area contributed by atoms with Crippen LogP contribution in [0.2, 0.25) is 5.02 Å². The maximum atomic E-state index is 5.94. The van der Waals surface area contributed by atoms with Gasteiger partial charge in [-0.25, -0.2) is 0 Å². The van der Waals surface area contributed by atoms with E-state index in [4.69, 9.17) is 17.3 Å². The van der Waals surface area contributed by atoms with Crippen molar-refractivity contribution in [3.63, 3.8) is 0 Å². The Bertz CT molecular complexity index is 299. The fraction of sp³-hybridized carbons (Fsp3) is 0.455. The Kier molecular flexibility index (Phi) is 4.79. The third-order valence-electron chi connectivity index (χ3n) is 1.97. The van der Waals surface area contributed by atoms with Gasteiger partial charge in [-0.15, -0.1) is 11.8 Å². The number of nitrogens with two attached hydrogens (primary N) is 1. The van der Waals surface area contributed by atoms with Crippen molar-refractivity contribution in [1.82, 2.24) is 0 Å². The number of aryl methyl sites for hydroxylation is 1. The normalized spacial score (nSPS) is 12.9. The summed E-state index contributed by atoms with van der Waals surface area (Å²) in [5.74, 6) is 1.07. The van der Waals surface area contributed by atoms with Gasteiger partial charge in [0.2, 0.25) is 0 Å². The van der Waals surface area contributed by atoms with Crippen LogP contribution in [0.3, 0.4) is 0 Å². The van der Waals surface area contributed by atoms with Crippen LogP contribution in [0.1, 0.15) is 18.9 Å². The lowest BCUT2D eigenvalue weighted by atomic mass is 10.2. The molecule has 1 rings (SSSR count). The highest BCUT2D eigenvalue weighted by atomic mass is 35.5. The van der Waals surface area contributed by atoms with Crippen LogP contribution in [0, 0.1) is 6.92 Å². The second-order valence-corrected chi connectivity index (χ2v) is 5.10. The monoisotopic (exact) mass is 229 g/mol. The number of halogens is 1. The second-order valence-electron chi connectivity index (χ2n) is 3.53. The Morgan fingerprint density at radius 3 is 2.79 bits per heavy atom. The van der Waals surface area contributed by atoms with Crippen molar-refractivity contribution in [2.24, 2.45) is 5.73 Å². The lowest BCUT2D eigenvalue weighted by Crippen LogP contribution is -2.15. The van der Waals surface area contributed by atoms with Gasteiger partial charge in [-0.1, -0.05) is 11.6 Å². The number of hydrogen-bond donors (Lipinski definition) is 1. The first-order valence-corrected chi connectivity index (χ1v) is 6.10. The third-order valence-corrected chi connectivity index (χ3v) is 3.42. The highest BCUT2D eigenvalue weighted by Crippen LogP contribution is 2.24. The Morgan fingerprint density at radius 2 is 2.21 bits per heavy atom. The van der Waals surface area contributed by atoms with E-state index in [0.29, 0.717) is 0 Å². The number of benzene rings is 1. The molecule has 0 aromatic heterocycles. The summed E-state index contributed by atoms with van der Waals surface area (Å²) in [5.41, 5.74) is 6.81. The van der Waals surface area contributed by atoms with Crippen LogP contribution in [0.15, 0.2) is 23.1 Å². The molecule has 0 aliphatic heterocycles. The zero-order valence-corrected chi connectivity index (χ0v) is 10.2. The van der Waals surface area contributed by atoms with Gasteiger partial charge in [0.15, 0.2) is 0 Å². The molecule has 78 valence electrons. The van der Waals surface area contributed by atoms with Crippen molar-refractivity contribution in [3.05, 3.63) is 28.8 Å². The minimum Gasteiger partial charge on any atom is -0.328 e. The molecule has 14 heavy (non-hydrogen) atoms. The first-order valence-electron chi connectivity index (χ1n) is 4.74. The number of thioether (sulfide) groups is 1. The van der Waals surface area contributed by atoms with Crippen LogP contribution in [0.4, 0.5) is 0 Å². The van der Waals surface area contributed by atoms with Crippen LogP contribution in [-0.2, 0) is 0 Å². The largest absolute Gasteiger partial charge is 0.328 e. The minimum absolute atomic E-state index is 0.288. The van der Waals surface area contributed by atoms with Crippen molar-refractivity contribution in [2.45, 2.75) is 31.2 Å². The van der Waals surface area contributed by atoms with Crippen LogP contribution >= 0.6 is 23.4 Å². The first-order chi connectivity index (χ1) is 6.59. The van der Waals surface area contributed by atoms with E-state index in [2.05, 4.69) is 12.1 Å². The fourth-order valence-corrected chi connectivity index (χ4v) is 2.34. The van der Waals surface area contributed by atoms with E-state index in [-0.39, 0.29) is 6.04 Å². The van der Waals surface area contributed by atoms with Gasteiger partial charge in [0.05, 0.1) is 0 Å². The molecule has 0 heterocycles. The standard InChI is InChI=1S/C11H16ClNS/c1-8-7-10(3-4-11(8)12)14-6-5-9(2)13/h3-4,7,9H,5-6,13H2,1-2H3. The maximum Gasteiger partial charge on any atom is 0.0435 e. The van der Waals surface area contributed by atoms with Crippen molar-refractivity contribution in [2.75, 3.05) is 5.75 Å². The zero-order valence-electron chi connectivity index (χ0n) is 8.59. The van der Waals surface area contributed by atoms with E-state index < -0.39 is 0 Å². The van der Waals surface area contributed by atoms with Gasteiger partial charge < -0.3 is 5.73 Å². The lowest BCUT2D eigenvalue weighted by Gasteiger charge is -2.06. The Morgan fingerprint density at radius 1 is 1.50 bits per heavy atom. The zero-order chi connectivity index (χ0) is 10.6. The van der Waals surface area contributed by atoms with E-state index in [0.717, 1.165) is 22.8 Å². The van der Waals surface area contributed by atoms with Crippen molar-refractivity contribution >= 4 is 23.4 Å². The molecule has 2 N–H and O–H groups in total. The number of hydrogen-bond acceptors (Lipinski definition) is 2. The van der Waals surface area contributed by atoms with Crippen LogP contribution in [-0.4, -0.2) is 11.8 Å². The molecule has 0 saturated carbocycles. The quantitative estimate of drug-likeness (QED) is 0.801. The molecule has 0 bridgehead atoms. The van der Waals surface area contributed by atoms with E-state index in [9.17, 15) is 0 Å².